The molecule has 0 aliphatic carbocycles. The molecule has 1 atom stereocenters. The number of carbonyl (C=O) groups is 1. The highest BCUT2D eigenvalue weighted by Gasteiger charge is 2.16. The number of nitrogens with one attached hydrogen (secondary N) is 1. The number of hydrogen-bond donors (Lipinski definition) is 1. The van der Waals surface area contributed by atoms with Crippen molar-refractivity contribution in [2.24, 2.45) is 0 Å². The van der Waals surface area contributed by atoms with Crippen molar-refractivity contribution in [3.05, 3.63) is 59.7 Å². The van der Waals surface area contributed by atoms with Gasteiger partial charge in [0, 0.05) is 25.3 Å². The van der Waals surface area contributed by atoms with E-state index in [4.69, 9.17) is 4.74 Å². The van der Waals surface area contributed by atoms with E-state index in [-0.39, 0.29) is 5.91 Å². The van der Waals surface area contributed by atoms with Gasteiger partial charge in [-0.05, 0) is 61.9 Å². The van der Waals surface area contributed by atoms with Gasteiger partial charge in [-0.3, -0.25) is 4.79 Å². The largest absolute Gasteiger partial charge is 0.481 e. The lowest BCUT2D eigenvalue weighted by Gasteiger charge is -2.28. The Hall–Kier alpha value is -2.49. The summed E-state index contributed by atoms with van der Waals surface area (Å²) in [4.78, 5) is 14.8. The lowest BCUT2D eigenvalue weighted by atomic mass is 10.1. The van der Waals surface area contributed by atoms with E-state index in [0.717, 1.165) is 36.4 Å². The number of hydrogen-bond acceptors (Lipinski definition) is 3. The molecule has 0 aromatic heterocycles. The zero-order chi connectivity index (χ0) is 19.1. The van der Waals surface area contributed by atoms with Crippen LogP contribution in [-0.4, -0.2) is 25.1 Å². The van der Waals surface area contributed by atoms with Crippen molar-refractivity contribution < 1.29 is 9.53 Å². The van der Waals surface area contributed by atoms with Crippen LogP contribution in [0.2, 0.25) is 0 Å². The van der Waals surface area contributed by atoms with Gasteiger partial charge in [-0.1, -0.05) is 37.3 Å². The van der Waals surface area contributed by atoms with Crippen LogP contribution in [0.5, 0.6) is 5.75 Å². The van der Waals surface area contributed by atoms with Crippen molar-refractivity contribution in [1.29, 1.82) is 0 Å². The van der Waals surface area contributed by atoms with Crippen LogP contribution in [0.4, 0.5) is 5.69 Å². The van der Waals surface area contributed by atoms with Crippen LogP contribution < -0.4 is 15.0 Å². The maximum Gasteiger partial charge on any atom is 0.261 e. The van der Waals surface area contributed by atoms with Gasteiger partial charge in [0.05, 0.1) is 0 Å². The summed E-state index contributed by atoms with van der Waals surface area (Å²) in [6.07, 6.45) is 4.25. The minimum absolute atomic E-state index is 0.0963. The van der Waals surface area contributed by atoms with Gasteiger partial charge in [0.25, 0.3) is 5.91 Å². The third-order valence-corrected chi connectivity index (χ3v) is 5.15. The van der Waals surface area contributed by atoms with Crippen molar-refractivity contribution in [3.8, 4) is 5.75 Å². The molecule has 4 heteroatoms. The molecular weight excluding hydrogens is 336 g/mol. The van der Waals surface area contributed by atoms with Gasteiger partial charge in [-0.25, -0.2) is 0 Å². The number of aryl methyl sites for hydroxylation is 1. The Labute approximate surface area is 162 Å². The van der Waals surface area contributed by atoms with Crippen molar-refractivity contribution >= 4 is 11.6 Å². The van der Waals surface area contributed by atoms with Crippen LogP contribution in [0.3, 0.4) is 0 Å². The summed E-state index contributed by atoms with van der Waals surface area (Å²) >= 11 is 0. The van der Waals surface area contributed by atoms with E-state index in [9.17, 15) is 4.79 Å². The van der Waals surface area contributed by atoms with Gasteiger partial charge in [-0.2, -0.15) is 0 Å². The van der Waals surface area contributed by atoms with Crippen LogP contribution in [-0.2, 0) is 17.8 Å². The third-order valence-electron chi connectivity index (χ3n) is 5.15. The van der Waals surface area contributed by atoms with Gasteiger partial charge < -0.3 is 15.0 Å². The Morgan fingerprint density at radius 2 is 1.78 bits per heavy atom. The Kier molecular flexibility index (Phi) is 6.74. The summed E-state index contributed by atoms with van der Waals surface area (Å²) in [5, 5.41) is 2.98. The molecule has 144 valence electrons. The van der Waals surface area contributed by atoms with E-state index in [1.54, 1.807) is 6.92 Å². The normalized spacial score (nSPS) is 15.3. The first-order chi connectivity index (χ1) is 13.2. The number of amides is 1. The number of carbonyl (C=O) groups excluding carboxylic acids is 1. The zero-order valence-electron chi connectivity index (χ0n) is 16.4. The average molecular weight is 367 g/mol. The molecule has 2 aromatic carbocycles. The molecule has 1 amide bonds. The number of para-hydroxylation sites is 1. The first-order valence-electron chi connectivity index (χ1n) is 10.0. The first kappa shape index (κ1) is 19.3. The highest BCUT2D eigenvalue weighted by atomic mass is 16.5. The fourth-order valence-corrected chi connectivity index (χ4v) is 3.46. The third kappa shape index (κ3) is 5.25. The second-order valence-corrected chi connectivity index (χ2v) is 7.15. The average Bonchev–Trinajstić information content (AvgIpc) is 2.73. The van der Waals surface area contributed by atoms with Gasteiger partial charge >= 0.3 is 0 Å². The zero-order valence-corrected chi connectivity index (χ0v) is 16.4. The molecule has 1 aliphatic rings. The molecule has 4 nitrogen and oxygen atoms in total. The Morgan fingerprint density at radius 3 is 2.48 bits per heavy atom. The first-order valence-corrected chi connectivity index (χ1v) is 10.0. The predicted octanol–water partition coefficient (Wildman–Crippen LogP) is 4.32. The van der Waals surface area contributed by atoms with Gasteiger partial charge in [-0.15, -0.1) is 0 Å². The number of ether oxygens (including phenoxy) is 1. The van der Waals surface area contributed by atoms with E-state index in [1.807, 2.05) is 24.3 Å². The number of benzene rings is 2. The lowest BCUT2D eigenvalue weighted by molar-refractivity contribution is -0.127. The molecule has 1 N–H and O–H groups in total. The van der Waals surface area contributed by atoms with Crippen molar-refractivity contribution in [2.45, 2.75) is 52.2 Å². The number of rotatable bonds is 7. The van der Waals surface area contributed by atoms with Gasteiger partial charge in [0.1, 0.15) is 5.75 Å². The fourth-order valence-electron chi connectivity index (χ4n) is 3.46. The summed E-state index contributed by atoms with van der Waals surface area (Å²) in [6.45, 7) is 6.68. The van der Waals surface area contributed by atoms with E-state index >= 15 is 0 Å². The monoisotopic (exact) mass is 366 g/mol. The van der Waals surface area contributed by atoms with Crippen LogP contribution in [0, 0.1) is 0 Å². The highest BCUT2D eigenvalue weighted by molar-refractivity contribution is 5.80. The minimum atomic E-state index is -0.523. The summed E-state index contributed by atoms with van der Waals surface area (Å²) in [5.41, 5.74) is 3.49. The molecule has 0 saturated carbocycles. The van der Waals surface area contributed by atoms with Crippen molar-refractivity contribution in [3.63, 3.8) is 0 Å². The van der Waals surface area contributed by atoms with Crippen molar-refractivity contribution in [2.75, 3.05) is 18.0 Å². The van der Waals surface area contributed by atoms with Crippen molar-refractivity contribution in [1.82, 2.24) is 5.32 Å². The van der Waals surface area contributed by atoms with E-state index in [2.05, 4.69) is 41.4 Å². The quantitative estimate of drug-likeness (QED) is 0.793. The molecule has 0 bridgehead atoms. The topological polar surface area (TPSA) is 41.6 Å². The predicted molar refractivity (Wildman–Crippen MR) is 110 cm³/mol. The smallest absolute Gasteiger partial charge is 0.261 e. The number of nitrogens with zero attached hydrogens (tertiary/aromatic N) is 1. The Morgan fingerprint density at radius 1 is 1.07 bits per heavy atom. The van der Waals surface area contributed by atoms with Crippen LogP contribution in [0.1, 0.15) is 44.2 Å². The molecule has 1 heterocycles. The van der Waals surface area contributed by atoms with Crippen LogP contribution in [0.25, 0.3) is 0 Å². The second kappa shape index (κ2) is 9.45. The van der Waals surface area contributed by atoms with Gasteiger partial charge in [0.2, 0.25) is 0 Å². The second-order valence-electron chi connectivity index (χ2n) is 7.15. The Balaban J connectivity index is 1.50. The molecular formula is C23H30N2O2. The highest BCUT2D eigenvalue weighted by Crippen LogP contribution is 2.21. The maximum atomic E-state index is 12.4. The minimum Gasteiger partial charge on any atom is -0.481 e. The molecule has 0 spiro atoms. The number of anilines is 1. The summed E-state index contributed by atoms with van der Waals surface area (Å²) < 4.78 is 5.87. The fraction of sp³-hybridized carbons (Fsp3) is 0.435. The van der Waals surface area contributed by atoms with E-state index < -0.39 is 6.10 Å². The number of piperidine rings is 1. The maximum absolute atomic E-state index is 12.4. The molecule has 1 saturated heterocycles. The molecule has 27 heavy (non-hydrogen) atoms. The summed E-state index contributed by atoms with van der Waals surface area (Å²) in [6, 6.07) is 16.4. The SMILES string of the molecule is CCc1ccccc1O[C@@H](C)C(=O)NCc1ccc(N2CCCCC2)cc1. The summed E-state index contributed by atoms with van der Waals surface area (Å²) in [7, 11) is 0. The molecule has 1 aliphatic heterocycles. The molecule has 3 rings (SSSR count). The summed E-state index contributed by atoms with van der Waals surface area (Å²) in [5.74, 6) is 0.689. The van der Waals surface area contributed by atoms with E-state index in [0.29, 0.717) is 6.54 Å². The molecule has 0 radical (unpaired) electrons. The molecule has 1 fully saturated rings. The lowest BCUT2D eigenvalue weighted by Crippen LogP contribution is -2.36. The Bertz CT molecular complexity index is 736. The standard InChI is InChI=1S/C23H30N2O2/c1-3-20-9-5-6-10-22(20)27-18(2)23(26)24-17-19-11-13-21(14-12-19)25-15-7-4-8-16-25/h5-6,9-14,18H,3-4,7-8,15-17H2,1-2H3,(H,24,26)/t18-/m0/s1. The van der Waals surface area contributed by atoms with Gasteiger partial charge in [0.15, 0.2) is 6.10 Å². The molecule has 2 aromatic rings. The van der Waals surface area contributed by atoms with Crippen LogP contribution >= 0.6 is 0 Å². The van der Waals surface area contributed by atoms with Crippen LogP contribution in [0.15, 0.2) is 48.5 Å². The molecule has 0 unspecified atom stereocenters. The van der Waals surface area contributed by atoms with E-state index in [1.165, 1.54) is 24.9 Å².